The van der Waals surface area contributed by atoms with E-state index >= 15 is 0 Å². The third kappa shape index (κ3) is 2.68. The van der Waals surface area contributed by atoms with Crippen molar-refractivity contribution in [2.75, 3.05) is 7.05 Å². The minimum Gasteiger partial charge on any atom is -0.319 e. The van der Waals surface area contributed by atoms with Crippen LogP contribution in [0, 0.1) is 0 Å². The standard InChI is InChI=1S/C8H17N5O/c1-4-6-10-8(13-12-6)11-7(14)5(2)9-3/h5,8-9,13H,4H2,1-3H3,(H,10,12)(H,11,14)/t5-,8?/m0/s1. The summed E-state index contributed by atoms with van der Waals surface area (Å²) in [5, 5.41) is 5.59. The van der Waals surface area contributed by atoms with Gasteiger partial charge in [0.2, 0.25) is 5.91 Å². The summed E-state index contributed by atoms with van der Waals surface area (Å²) in [6.07, 6.45) is 0.467. The van der Waals surface area contributed by atoms with Crippen molar-refractivity contribution in [1.82, 2.24) is 21.5 Å². The Labute approximate surface area is 83.5 Å². The van der Waals surface area contributed by atoms with Gasteiger partial charge in [-0.1, -0.05) is 6.92 Å². The van der Waals surface area contributed by atoms with Gasteiger partial charge in [0.1, 0.15) is 5.84 Å². The average Bonchev–Trinajstić information content (AvgIpc) is 2.64. The molecule has 4 N–H and O–H groups in total. The van der Waals surface area contributed by atoms with Gasteiger partial charge in [-0.3, -0.25) is 4.79 Å². The average molecular weight is 199 g/mol. The molecule has 1 amide bonds. The van der Waals surface area contributed by atoms with Gasteiger partial charge in [-0.05, 0) is 14.0 Å². The second kappa shape index (κ2) is 4.92. The largest absolute Gasteiger partial charge is 0.319 e. The van der Waals surface area contributed by atoms with Crippen LogP contribution in [0.25, 0.3) is 0 Å². The molecule has 0 aromatic rings. The lowest BCUT2D eigenvalue weighted by molar-refractivity contribution is -0.123. The molecule has 80 valence electrons. The first-order valence-electron chi connectivity index (χ1n) is 4.73. The van der Waals surface area contributed by atoms with Crippen LogP contribution in [-0.2, 0) is 4.79 Å². The Kier molecular flexibility index (Phi) is 3.84. The zero-order valence-electron chi connectivity index (χ0n) is 8.72. The van der Waals surface area contributed by atoms with Gasteiger partial charge in [0, 0.05) is 6.42 Å². The Balaban J connectivity index is 2.39. The van der Waals surface area contributed by atoms with Crippen LogP contribution in [0.2, 0.25) is 0 Å². The zero-order chi connectivity index (χ0) is 10.6. The molecule has 14 heavy (non-hydrogen) atoms. The fraction of sp³-hybridized carbons (Fsp3) is 0.750. The van der Waals surface area contributed by atoms with Gasteiger partial charge < -0.3 is 16.1 Å². The highest BCUT2D eigenvalue weighted by atomic mass is 16.2. The Hall–Kier alpha value is -1.14. The second-order valence-corrected chi connectivity index (χ2v) is 3.12. The Morgan fingerprint density at radius 3 is 2.93 bits per heavy atom. The van der Waals surface area contributed by atoms with E-state index in [1.54, 1.807) is 14.0 Å². The molecule has 0 fully saturated rings. The fourth-order valence-electron chi connectivity index (χ4n) is 1.01. The molecule has 0 aromatic carbocycles. The van der Waals surface area contributed by atoms with Gasteiger partial charge in [0.05, 0.1) is 6.04 Å². The van der Waals surface area contributed by atoms with E-state index in [-0.39, 0.29) is 18.2 Å². The number of rotatable bonds is 4. The van der Waals surface area contributed by atoms with Gasteiger partial charge in [0.15, 0.2) is 6.29 Å². The second-order valence-electron chi connectivity index (χ2n) is 3.12. The molecule has 6 heteroatoms. The summed E-state index contributed by atoms with van der Waals surface area (Å²) in [5.41, 5.74) is 5.74. The van der Waals surface area contributed by atoms with E-state index in [0.717, 1.165) is 12.3 Å². The van der Waals surface area contributed by atoms with Gasteiger partial charge in [-0.25, -0.2) is 4.99 Å². The van der Waals surface area contributed by atoms with Crippen LogP contribution in [0.4, 0.5) is 0 Å². The van der Waals surface area contributed by atoms with Crippen molar-refractivity contribution in [3.8, 4) is 0 Å². The molecule has 0 aromatic heterocycles. The van der Waals surface area contributed by atoms with Crippen molar-refractivity contribution in [1.29, 1.82) is 0 Å². The lowest BCUT2D eigenvalue weighted by Crippen LogP contribution is -2.50. The number of carbonyl (C=O) groups excluding carboxylic acids is 1. The van der Waals surface area contributed by atoms with E-state index in [4.69, 9.17) is 0 Å². The highest BCUT2D eigenvalue weighted by molar-refractivity contribution is 5.85. The molecule has 1 heterocycles. The number of amides is 1. The lowest BCUT2D eigenvalue weighted by atomic mass is 10.3. The number of amidine groups is 1. The van der Waals surface area contributed by atoms with Crippen molar-refractivity contribution in [2.45, 2.75) is 32.6 Å². The third-order valence-corrected chi connectivity index (χ3v) is 2.08. The van der Waals surface area contributed by atoms with Crippen molar-refractivity contribution in [2.24, 2.45) is 4.99 Å². The molecule has 0 aliphatic carbocycles. The van der Waals surface area contributed by atoms with Crippen LogP contribution in [0.5, 0.6) is 0 Å². The van der Waals surface area contributed by atoms with Crippen molar-refractivity contribution >= 4 is 11.7 Å². The molecule has 2 atom stereocenters. The third-order valence-electron chi connectivity index (χ3n) is 2.08. The first kappa shape index (κ1) is 10.9. The molecule has 1 aliphatic heterocycles. The first-order valence-corrected chi connectivity index (χ1v) is 4.73. The number of nitrogens with zero attached hydrogens (tertiary/aromatic N) is 1. The number of hydrogen-bond acceptors (Lipinski definition) is 5. The zero-order valence-corrected chi connectivity index (χ0v) is 8.72. The van der Waals surface area contributed by atoms with Gasteiger partial charge in [0.25, 0.3) is 0 Å². The van der Waals surface area contributed by atoms with E-state index in [1.807, 2.05) is 6.92 Å². The van der Waals surface area contributed by atoms with Gasteiger partial charge >= 0.3 is 0 Å². The number of likely N-dealkylation sites (N-methyl/N-ethyl adjacent to an activating group) is 1. The molecular formula is C8H17N5O. The summed E-state index contributed by atoms with van der Waals surface area (Å²) in [5.74, 6) is 0.778. The molecule has 0 spiro atoms. The van der Waals surface area contributed by atoms with E-state index < -0.39 is 0 Å². The number of hydrogen-bond donors (Lipinski definition) is 4. The number of aliphatic imine (C=N–C) groups is 1. The monoisotopic (exact) mass is 199 g/mol. The van der Waals surface area contributed by atoms with Crippen molar-refractivity contribution in [3.63, 3.8) is 0 Å². The highest BCUT2D eigenvalue weighted by Crippen LogP contribution is 1.93. The van der Waals surface area contributed by atoms with E-state index in [0.29, 0.717) is 0 Å². The Morgan fingerprint density at radius 2 is 2.43 bits per heavy atom. The van der Waals surface area contributed by atoms with Crippen LogP contribution in [0.1, 0.15) is 20.3 Å². The van der Waals surface area contributed by atoms with Crippen LogP contribution >= 0.6 is 0 Å². The quantitative estimate of drug-likeness (QED) is 0.464. The molecule has 1 unspecified atom stereocenters. The number of hydrazine groups is 1. The fourth-order valence-corrected chi connectivity index (χ4v) is 1.01. The predicted octanol–water partition coefficient (Wildman–Crippen LogP) is -1.09. The smallest absolute Gasteiger partial charge is 0.239 e. The molecule has 6 nitrogen and oxygen atoms in total. The summed E-state index contributed by atoms with van der Waals surface area (Å²) in [6.45, 7) is 3.79. The van der Waals surface area contributed by atoms with E-state index in [1.165, 1.54) is 0 Å². The highest BCUT2D eigenvalue weighted by Gasteiger charge is 2.19. The summed E-state index contributed by atoms with van der Waals surface area (Å²) in [4.78, 5) is 15.6. The Bertz CT molecular complexity index is 240. The number of carbonyl (C=O) groups is 1. The summed E-state index contributed by atoms with van der Waals surface area (Å²) < 4.78 is 0. The summed E-state index contributed by atoms with van der Waals surface area (Å²) >= 11 is 0. The van der Waals surface area contributed by atoms with Gasteiger partial charge in [-0.15, -0.1) is 0 Å². The summed E-state index contributed by atoms with van der Waals surface area (Å²) in [6, 6.07) is -0.210. The first-order chi connectivity index (χ1) is 6.67. The molecule has 0 radical (unpaired) electrons. The molecule has 1 aliphatic rings. The molecule has 0 saturated carbocycles. The molecule has 0 bridgehead atoms. The summed E-state index contributed by atoms with van der Waals surface area (Å²) in [7, 11) is 1.74. The predicted molar refractivity (Wildman–Crippen MR) is 54.4 cm³/mol. The minimum absolute atomic E-state index is 0.0760. The van der Waals surface area contributed by atoms with Crippen LogP contribution in [0.15, 0.2) is 4.99 Å². The number of nitrogens with one attached hydrogen (secondary N) is 4. The van der Waals surface area contributed by atoms with E-state index in [9.17, 15) is 4.79 Å². The van der Waals surface area contributed by atoms with Crippen LogP contribution in [-0.4, -0.2) is 31.1 Å². The van der Waals surface area contributed by atoms with Crippen LogP contribution < -0.4 is 21.5 Å². The minimum atomic E-state index is -0.353. The van der Waals surface area contributed by atoms with Crippen molar-refractivity contribution < 1.29 is 4.79 Å². The van der Waals surface area contributed by atoms with Crippen LogP contribution in [0.3, 0.4) is 0 Å². The van der Waals surface area contributed by atoms with Gasteiger partial charge in [-0.2, -0.15) is 5.43 Å². The van der Waals surface area contributed by atoms with E-state index in [2.05, 4.69) is 26.5 Å². The lowest BCUT2D eigenvalue weighted by Gasteiger charge is -2.14. The molecular weight excluding hydrogens is 182 g/mol. The molecule has 0 saturated heterocycles. The maximum absolute atomic E-state index is 11.4. The maximum Gasteiger partial charge on any atom is 0.239 e. The normalized spacial score (nSPS) is 22.5. The SMILES string of the molecule is CCC1=NC(NC(=O)[C@H](C)NC)NN1. The maximum atomic E-state index is 11.4. The van der Waals surface area contributed by atoms with Crippen molar-refractivity contribution in [3.05, 3.63) is 0 Å². The molecule has 1 rings (SSSR count). The topological polar surface area (TPSA) is 77.5 Å². The Morgan fingerprint density at radius 1 is 1.71 bits per heavy atom.